The van der Waals surface area contributed by atoms with Crippen molar-refractivity contribution in [3.8, 4) is 0 Å². The molecule has 0 heterocycles. The minimum atomic E-state index is -0.287. The monoisotopic (exact) mass is 431 g/mol. The van der Waals surface area contributed by atoms with Crippen molar-refractivity contribution in [2.45, 2.75) is 32.7 Å². The van der Waals surface area contributed by atoms with E-state index in [4.69, 9.17) is 19.9 Å². The predicted octanol–water partition coefficient (Wildman–Crippen LogP) is 2.51. The minimum Gasteiger partial charge on any atom is -0.469 e. The Morgan fingerprint density at radius 3 is 2.35 bits per heavy atom. The minimum absolute atomic E-state index is 0.126. The summed E-state index contributed by atoms with van der Waals surface area (Å²) >= 11 is 0. The van der Waals surface area contributed by atoms with E-state index in [1.54, 1.807) is 7.11 Å². The van der Waals surface area contributed by atoms with Crippen LogP contribution >= 0.6 is 0 Å². The van der Waals surface area contributed by atoms with E-state index in [0.29, 0.717) is 24.7 Å². The first kappa shape index (κ1) is 26.0. The molecule has 1 rings (SSSR count). The van der Waals surface area contributed by atoms with Gasteiger partial charge >= 0.3 is 5.97 Å². The first-order chi connectivity index (χ1) is 15.0. The van der Waals surface area contributed by atoms with Crippen LogP contribution in [0.1, 0.15) is 30.9 Å². The molecule has 2 N–H and O–H groups in total. The second kappa shape index (κ2) is 14.9. The molecule has 0 spiro atoms. The fourth-order valence-electron chi connectivity index (χ4n) is 2.65. The highest BCUT2D eigenvalue weighted by molar-refractivity contribution is 5.97. The molecule has 0 saturated carbocycles. The largest absolute Gasteiger partial charge is 0.469 e. The molecule has 9 nitrogen and oxygen atoms in total. The molecule has 0 fully saturated rings. The molecular formula is C22H33N5O4. The van der Waals surface area contributed by atoms with Crippen LogP contribution in [0.15, 0.2) is 50.8 Å². The third kappa shape index (κ3) is 9.10. The molecule has 170 valence electrons. The third-order valence-electron chi connectivity index (χ3n) is 4.29. The van der Waals surface area contributed by atoms with Crippen molar-refractivity contribution in [2.75, 3.05) is 34.3 Å². The zero-order valence-corrected chi connectivity index (χ0v) is 18.7. The van der Waals surface area contributed by atoms with Gasteiger partial charge in [-0.3, -0.25) is 9.79 Å². The molecule has 31 heavy (non-hydrogen) atoms. The van der Waals surface area contributed by atoms with Crippen LogP contribution in [0.5, 0.6) is 0 Å². The van der Waals surface area contributed by atoms with Crippen molar-refractivity contribution in [2.24, 2.45) is 20.7 Å². The van der Waals surface area contributed by atoms with Gasteiger partial charge in [-0.1, -0.05) is 37.6 Å². The number of carbonyl (C=O) groups is 1. The van der Waals surface area contributed by atoms with Gasteiger partial charge in [0.25, 0.3) is 0 Å². The number of benzene rings is 1. The lowest BCUT2D eigenvalue weighted by molar-refractivity contribution is -0.139. The lowest BCUT2D eigenvalue weighted by atomic mass is 10.1. The van der Waals surface area contributed by atoms with Crippen LogP contribution in [0.2, 0.25) is 0 Å². The molecule has 0 aromatic heterocycles. The number of nitrogens with two attached hydrogens (primary N) is 1. The van der Waals surface area contributed by atoms with E-state index in [1.165, 1.54) is 7.11 Å². The van der Waals surface area contributed by atoms with Crippen molar-refractivity contribution in [1.82, 2.24) is 4.90 Å². The van der Waals surface area contributed by atoms with Gasteiger partial charge in [-0.15, -0.1) is 0 Å². The third-order valence-corrected chi connectivity index (χ3v) is 4.29. The van der Waals surface area contributed by atoms with Gasteiger partial charge in [0.05, 0.1) is 13.5 Å². The Hall–Kier alpha value is -3.04. The highest BCUT2D eigenvalue weighted by Gasteiger charge is 2.17. The summed E-state index contributed by atoms with van der Waals surface area (Å²) in [5.41, 5.74) is 8.23. The summed E-state index contributed by atoms with van der Waals surface area (Å²) in [6.07, 6.45) is 2.21. The number of hydrogen-bond acceptors (Lipinski definition) is 8. The summed E-state index contributed by atoms with van der Waals surface area (Å²) in [6, 6.07) is 7.58. The number of ether oxygens (including phenoxy) is 3. The van der Waals surface area contributed by atoms with Crippen LogP contribution in [-0.2, 0) is 32.0 Å². The van der Waals surface area contributed by atoms with Gasteiger partial charge in [0.2, 0.25) is 0 Å². The Morgan fingerprint density at radius 2 is 1.81 bits per heavy atom. The summed E-state index contributed by atoms with van der Waals surface area (Å²) in [4.78, 5) is 25.6. The average molecular weight is 432 g/mol. The fourth-order valence-corrected chi connectivity index (χ4v) is 2.65. The standard InChI is InChI=1S/C22H33N5O4/c1-6-7-12-31-15-26-21(23)20(24-2)22(25-3)27(16-29-4)14-18-10-8-17(9-11-18)13-19(28)30-5/h8-11H,2-3,6-7,12-16H2,1,4-5H3,(H2,23,26)/b22-20-. The Labute approximate surface area is 184 Å². The summed E-state index contributed by atoms with van der Waals surface area (Å²) in [5, 5.41) is 0. The van der Waals surface area contributed by atoms with E-state index < -0.39 is 0 Å². The molecule has 0 unspecified atom stereocenters. The number of aliphatic imine (C=N–C) groups is 3. The summed E-state index contributed by atoms with van der Waals surface area (Å²) in [5.74, 6) is 0.263. The normalized spacial score (nSPS) is 12.2. The Morgan fingerprint density at radius 1 is 1.13 bits per heavy atom. The van der Waals surface area contributed by atoms with Crippen LogP contribution in [0.4, 0.5) is 0 Å². The maximum atomic E-state index is 11.4. The Kier molecular flexibility index (Phi) is 12.5. The van der Waals surface area contributed by atoms with E-state index in [9.17, 15) is 4.79 Å². The zero-order valence-electron chi connectivity index (χ0n) is 18.7. The first-order valence-corrected chi connectivity index (χ1v) is 9.94. The number of methoxy groups -OCH3 is 2. The van der Waals surface area contributed by atoms with Gasteiger partial charge in [0.1, 0.15) is 19.2 Å². The predicted molar refractivity (Wildman–Crippen MR) is 123 cm³/mol. The molecule has 9 heteroatoms. The molecule has 0 aliphatic carbocycles. The molecule has 0 saturated heterocycles. The van der Waals surface area contributed by atoms with E-state index in [0.717, 1.165) is 24.0 Å². The SMILES string of the molecule is C=NC(=C(/N=C)N(COC)Cc1ccc(CC(=O)OC)cc1)/C(N)=N\COCCCC. The second-order valence-electron chi connectivity index (χ2n) is 6.61. The van der Waals surface area contributed by atoms with Gasteiger partial charge in [0, 0.05) is 20.3 Å². The number of carbonyl (C=O) groups excluding carboxylic acids is 1. The van der Waals surface area contributed by atoms with E-state index >= 15 is 0 Å². The van der Waals surface area contributed by atoms with Crippen molar-refractivity contribution >= 4 is 25.2 Å². The van der Waals surface area contributed by atoms with Crippen molar-refractivity contribution in [1.29, 1.82) is 0 Å². The van der Waals surface area contributed by atoms with Crippen molar-refractivity contribution < 1.29 is 19.0 Å². The second-order valence-corrected chi connectivity index (χ2v) is 6.61. The fraction of sp³-hybridized carbons (Fsp3) is 0.455. The molecule has 0 atom stereocenters. The van der Waals surface area contributed by atoms with Crippen molar-refractivity contribution in [3.63, 3.8) is 0 Å². The van der Waals surface area contributed by atoms with Crippen molar-refractivity contribution in [3.05, 3.63) is 46.9 Å². The Bertz CT molecular complexity index is 775. The zero-order chi connectivity index (χ0) is 23.1. The highest BCUT2D eigenvalue weighted by Crippen LogP contribution is 2.18. The lowest BCUT2D eigenvalue weighted by Gasteiger charge is -2.25. The van der Waals surface area contributed by atoms with Crippen LogP contribution in [0.25, 0.3) is 0 Å². The first-order valence-electron chi connectivity index (χ1n) is 9.94. The molecule has 0 aliphatic rings. The number of amidine groups is 1. The maximum absolute atomic E-state index is 11.4. The van der Waals surface area contributed by atoms with E-state index in [-0.39, 0.29) is 31.7 Å². The molecule has 0 bridgehead atoms. The highest BCUT2D eigenvalue weighted by atomic mass is 16.5. The molecule has 0 aliphatic heterocycles. The summed E-state index contributed by atoms with van der Waals surface area (Å²) in [6.45, 7) is 10.7. The number of unbranched alkanes of at least 4 members (excludes halogenated alkanes) is 1. The molecule has 0 radical (unpaired) electrons. The van der Waals surface area contributed by atoms with Crippen LogP contribution in [-0.4, -0.2) is 64.4 Å². The number of rotatable bonds is 15. The smallest absolute Gasteiger partial charge is 0.309 e. The molecule has 0 amide bonds. The Balaban J connectivity index is 3.04. The van der Waals surface area contributed by atoms with Crippen LogP contribution < -0.4 is 5.73 Å². The maximum Gasteiger partial charge on any atom is 0.309 e. The quantitative estimate of drug-likeness (QED) is 0.150. The van der Waals surface area contributed by atoms with E-state index in [1.807, 2.05) is 29.2 Å². The van der Waals surface area contributed by atoms with Gasteiger partial charge in [-0.25, -0.2) is 9.98 Å². The number of hydrogen-bond donors (Lipinski definition) is 1. The lowest BCUT2D eigenvalue weighted by Crippen LogP contribution is -2.28. The van der Waals surface area contributed by atoms with Gasteiger partial charge in [-0.05, 0) is 31.0 Å². The molecule has 1 aromatic rings. The molecule has 1 aromatic carbocycles. The van der Waals surface area contributed by atoms with Gasteiger partial charge in [0.15, 0.2) is 11.7 Å². The number of nitrogens with zero attached hydrogens (tertiary/aromatic N) is 4. The number of esters is 1. The van der Waals surface area contributed by atoms with Crippen LogP contribution in [0, 0.1) is 0 Å². The van der Waals surface area contributed by atoms with E-state index in [2.05, 4.69) is 35.3 Å². The van der Waals surface area contributed by atoms with Crippen LogP contribution in [0.3, 0.4) is 0 Å². The topological polar surface area (TPSA) is 111 Å². The summed E-state index contributed by atoms with van der Waals surface area (Å²) < 4.78 is 15.5. The average Bonchev–Trinajstić information content (AvgIpc) is 2.78. The van der Waals surface area contributed by atoms with Gasteiger partial charge in [-0.2, -0.15) is 0 Å². The van der Waals surface area contributed by atoms with Gasteiger partial charge < -0.3 is 24.8 Å². The molecular weight excluding hydrogens is 398 g/mol. The summed E-state index contributed by atoms with van der Waals surface area (Å²) in [7, 11) is 2.94.